The van der Waals surface area contributed by atoms with Crippen LogP contribution in [0.5, 0.6) is 0 Å². The smallest absolute Gasteiger partial charge is 0.0714 e. The number of fused-ring (bicyclic) bond motifs is 6. The molecule has 0 amide bonds. The van der Waals surface area contributed by atoms with Crippen LogP contribution in [0.25, 0.3) is 54.9 Å². The largest absolute Gasteiger partial charge is 0.309 e. The molecule has 0 spiro atoms. The van der Waals surface area contributed by atoms with Gasteiger partial charge in [-0.25, -0.2) is 0 Å². The van der Waals surface area contributed by atoms with E-state index in [9.17, 15) is 0 Å². The molecule has 0 aliphatic heterocycles. The second-order valence-corrected chi connectivity index (χ2v) is 15.2. The summed E-state index contributed by atoms with van der Waals surface area (Å²) in [6.45, 7) is 0. The predicted octanol–water partition coefficient (Wildman–Crippen LogP) is 15.2. The van der Waals surface area contributed by atoms with E-state index >= 15 is 0 Å². The van der Waals surface area contributed by atoms with Crippen LogP contribution in [-0.4, -0.2) is 0 Å². The molecular weight excluding hydrogens is 699 g/mol. The molecule has 11 rings (SSSR count). The lowest BCUT2D eigenvalue weighted by Gasteiger charge is -2.35. The van der Waals surface area contributed by atoms with Crippen molar-refractivity contribution in [2.75, 3.05) is 4.90 Å². The molecule has 272 valence electrons. The molecule has 1 nitrogen and oxygen atoms in total. The fraction of sp³-hybridized carbons (Fsp3) is 0.0175. The van der Waals surface area contributed by atoms with Crippen LogP contribution in [0.2, 0.25) is 0 Å². The van der Waals surface area contributed by atoms with Crippen molar-refractivity contribution < 1.29 is 0 Å². The van der Waals surface area contributed by atoms with E-state index in [1.165, 1.54) is 77.2 Å². The monoisotopic (exact) mass is 737 g/mol. The maximum Gasteiger partial charge on any atom is 0.0714 e. The third-order valence-electron chi connectivity index (χ3n) is 12.1. The van der Waals surface area contributed by atoms with Crippen molar-refractivity contribution in [2.45, 2.75) is 5.41 Å². The zero-order chi connectivity index (χ0) is 38.5. The van der Waals surface area contributed by atoms with Crippen LogP contribution in [0.1, 0.15) is 22.3 Å². The van der Waals surface area contributed by atoms with Gasteiger partial charge >= 0.3 is 0 Å². The summed E-state index contributed by atoms with van der Waals surface area (Å²) in [6.07, 6.45) is 0. The van der Waals surface area contributed by atoms with Gasteiger partial charge in [-0.3, -0.25) is 0 Å². The van der Waals surface area contributed by atoms with Gasteiger partial charge in [0.1, 0.15) is 0 Å². The van der Waals surface area contributed by atoms with E-state index < -0.39 is 5.41 Å². The Morgan fingerprint density at radius 3 is 1.55 bits per heavy atom. The van der Waals surface area contributed by atoms with Crippen LogP contribution in [0.4, 0.5) is 17.1 Å². The van der Waals surface area contributed by atoms with Gasteiger partial charge in [-0.2, -0.15) is 0 Å². The lowest BCUT2D eigenvalue weighted by Crippen LogP contribution is -2.28. The fourth-order valence-electron chi connectivity index (χ4n) is 9.66. The molecule has 0 radical (unpaired) electrons. The Hall–Kier alpha value is -7.48. The normalized spacial score (nSPS) is 12.6. The topological polar surface area (TPSA) is 3.24 Å². The molecule has 1 heteroatoms. The Morgan fingerprint density at radius 2 is 0.845 bits per heavy atom. The van der Waals surface area contributed by atoms with Gasteiger partial charge in [0.15, 0.2) is 0 Å². The Balaban J connectivity index is 1.31. The molecule has 0 saturated carbocycles. The van der Waals surface area contributed by atoms with Crippen molar-refractivity contribution in [3.63, 3.8) is 0 Å². The summed E-state index contributed by atoms with van der Waals surface area (Å²) in [6, 6.07) is 87.0. The summed E-state index contributed by atoms with van der Waals surface area (Å²) in [5.74, 6) is 0. The van der Waals surface area contributed by atoms with E-state index in [0.717, 1.165) is 17.1 Å². The SMILES string of the molecule is c1ccc(-c2ccc(-c3ccccc3)c(N(c3cccc4c3-c3ccccc3C4(c3ccccc3)c3ccccc3)c3cc4ccccc4c4ccccc34)c2)cc1. The molecule has 0 atom stereocenters. The van der Waals surface area contributed by atoms with Gasteiger partial charge < -0.3 is 4.90 Å². The van der Waals surface area contributed by atoms with E-state index in [-0.39, 0.29) is 0 Å². The summed E-state index contributed by atoms with van der Waals surface area (Å²) in [4.78, 5) is 2.57. The number of rotatable bonds is 7. The Labute approximate surface area is 339 Å². The van der Waals surface area contributed by atoms with Gasteiger partial charge in [0.05, 0.1) is 22.5 Å². The molecule has 10 aromatic rings. The van der Waals surface area contributed by atoms with Crippen molar-refractivity contribution in [1.29, 1.82) is 0 Å². The molecule has 0 heterocycles. The molecule has 1 aliphatic carbocycles. The highest BCUT2D eigenvalue weighted by Gasteiger charge is 2.47. The first-order chi connectivity index (χ1) is 28.8. The number of anilines is 3. The van der Waals surface area contributed by atoms with E-state index in [0.29, 0.717) is 0 Å². The minimum Gasteiger partial charge on any atom is -0.309 e. The van der Waals surface area contributed by atoms with E-state index in [1.54, 1.807) is 0 Å². The van der Waals surface area contributed by atoms with E-state index in [1.807, 2.05) is 0 Å². The molecule has 0 saturated heterocycles. The second kappa shape index (κ2) is 13.9. The molecular formula is C57H39N. The summed E-state index contributed by atoms with van der Waals surface area (Å²) in [5.41, 5.74) is 15.1. The fourth-order valence-corrected chi connectivity index (χ4v) is 9.66. The minimum absolute atomic E-state index is 0.532. The average Bonchev–Trinajstić information content (AvgIpc) is 3.62. The van der Waals surface area contributed by atoms with Gasteiger partial charge in [0.2, 0.25) is 0 Å². The molecule has 0 aromatic heterocycles. The zero-order valence-electron chi connectivity index (χ0n) is 32.0. The number of benzene rings is 10. The first-order valence-electron chi connectivity index (χ1n) is 20.1. The van der Waals surface area contributed by atoms with Gasteiger partial charge in [0, 0.05) is 16.5 Å². The minimum atomic E-state index is -0.532. The third kappa shape index (κ3) is 5.25. The highest BCUT2D eigenvalue weighted by molar-refractivity contribution is 6.16. The molecule has 0 bridgehead atoms. The maximum absolute atomic E-state index is 2.57. The molecule has 0 fully saturated rings. The molecule has 0 N–H and O–H groups in total. The van der Waals surface area contributed by atoms with Crippen LogP contribution in [0, 0.1) is 0 Å². The van der Waals surface area contributed by atoms with Gasteiger partial charge in [-0.1, -0.05) is 218 Å². The van der Waals surface area contributed by atoms with Crippen LogP contribution in [0.3, 0.4) is 0 Å². The number of hydrogen-bond acceptors (Lipinski definition) is 1. The van der Waals surface area contributed by atoms with Crippen LogP contribution in [0.15, 0.2) is 237 Å². The molecule has 58 heavy (non-hydrogen) atoms. The highest BCUT2D eigenvalue weighted by atomic mass is 15.2. The Kier molecular flexibility index (Phi) is 8.12. The number of hydrogen-bond donors (Lipinski definition) is 0. The quantitative estimate of drug-likeness (QED) is 0.147. The summed E-state index contributed by atoms with van der Waals surface area (Å²) >= 11 is 0. The molecule has 1 aliphatic rings. The van der Waals surface area contributed by atoms with Crippen molar-refractivity contribution in [3.8, 4) is 33.4 Å². The van der Waals surface area contributed by atoms with Gasteiger partial charge in [-0.15, -0.1) is 0 Å². The highest BCUT2D eigenvalue weighted by Crippen LogP contribution is 2.60. The zero-order valence-corrected chi connectivity index (χ0v) is 32.0. The lowest BCUT2D eigenvalue weighted by molar-refractivity contribution is 0.768. The Morgan fingerprint density at radius 1 is 0.293 bits per heavy atom. The van der Waals surface area contributed by atoms with Crippen molar-refractivity contribution in [2.24, 2.45) is 0 Å². The van der Waals surface area contributed by atoms with Crippen molar-refractivity contribution in [3.05, 3.63) is 259 Å². The third-order valence-corrected chi connectivity index (χ3v) is 12.1. The average molecular weight is 738 g/mol. The number of nitrogens with zero attached hydrogens (tertiary/aromatic N) is 1. The van der Waals surface area contributed by atoms with Crippen LogP contribution >= 0.6 is 0 Å². The summed E-state index contributed by atoms with van der Waals surface area (Å²) in [5, 5.41) is 4.89. The molecule has 0 unspecified atom stereocenters. The first-order valence-corrected chi connectivity index (χ1v) is 20.1. The van der Waals surface area contributed by atoms with Crippen molar-refractivity contribution >= 4 is 38.6 Å². The summed E-state index contributed by atoms with van der Waals surface area (Å²) < 4.78 is 0. The Bertz CT molecular complexity index is 3060. The lowest BCUT2D eigenvalue weighted by atomic mass is 9.68. The van der Waals surface area contributed by atoms with E-state index in [2.05, 4.69) is 241 Å². The van der Waals surface area contributed by atoms with Crippen molar-refractivity contribution in [1.82, 2.24) is 0 Å². The van der Waals surface area contributed by atoms with Crippen LogP contribution < -0.4 is 4.90 Å². The maximum atomic E-state index is 2.57. The predicted molar refractivity (Wildman–Crippen MR) is 244 cm³/mol. The van der Waals surface area contributed by atoms with Gasteiger partial charge in [0.25, 0.3) is 0 Å². The van der Waals surface area contributed by atoms with Gasteiger partial charge in [-0.05, 0) is 78.9 Å². The van der Waals surface area contributed by atoms with Crippen LogP contribution in [-0.2, 0) is 5.41 Å². The standard InChI is InChI=1S/C57H39N/c1-5-20-40(21-6-1)42-36-37-47(41-22-7-2-8-23-41)54(38-42)58(55-39-43-24-13-14-29-46(43)48-30-15-16-31-49(48)55)53-35-19-34-52-56(53)50-32-17-18-33-51(50)57(52,44-25-9-3-10-26-44)45-27-11-4-12-28-45/h1-39H. The molecule has 10 aromatic carbocycles. The second-order valence-electron chi connectivity index (χ2n) is 15.2. The first kappa shape index (κ1) is 33.8. The summed E-state index contributed by atoms with van der Waals surface area (Å²) in [7, 11) is 0. The van der Waals surface area contributed by atoms with E-state index in [4.69, 9.17) is 0 Å².